The highest BCUT2D eigenvalue weighted by Gasteiger charge is 2.14. The Morgan fingerprint density at radius 2 is 1.93 bits per heavy atom. The summed E-state index contributed by atoms with van der Waals surface area (Å²) >= 11 is 0. The number of benzene rings is 1. The Bertz CT molecular complexity index is 872. The van der Waals surface area contributed by atoms with E-state index in [1.54, 1.807) is 6.20 Å². The van der Waals surface area contributed by atoms with Crippen LogP contribution < -0.4 is 4.74 Å². The molecule has 2 aromatic heterocycles. The van der Waals surface area contributed by atoms with Gasteiger partial charge in [-0.1, -0.05) is 19.4 Å². The van der Waals surface area contributed by atoms with Crippen molar-refractivity contribution >= 4 is 0 Å². The van der Waals surface area contributed by atoms with E-state index in [4.69, 9.17) is 9.84 Å². The summed E-state index contributed by atoms with van der Waals surface area (Å²) in [5, 5.41) is 4.92. The van der Waals surface area contributed by atoms with Crippen LogP contribution in [-0.2, 0) is 13.1 Å². The van der Waals surface area contributed by atoms with Crippen molar-refractivity contribution in [2.24, 2.45) is 0 Å². The number of pyridine rings is 1. The molecule has 0 bridgehead atoms. The van der Waals surface area contributed by atoms with Crippen LogP contribution in [0.2, 0.25) is 0 Å². The maximum absolute atomic E-state index is 5.79. The summed E-state index contributed by atoms with van der Waals surface area (Å²) in [6.45, 7) is 8.99. The molecule has 3 rings (SSSR count). The molecule has 29 heavy (non-hydrogen) atoms. The molecule has 3 aromatic rings. The molecule has 0 saturated heterocycles. The van der Waals surface area contributed by atoms with E-state index in [2.05, 4.69) is 48.3 Å². The Balaban J connectivity index is 1.86. The van der Waals surface area contributed by atoms with Gasteiger partial charge in [0.2, 0.25) is 0 Å². The molecule has 0 radical (unpaired) electrons. The van der Waals surface area contributed by atoms with E-state index in [1.807, 2.05) is 42.9 Å². The van der Waals surface area contributed by atoms with Gasteiger partial charge in [-0.2, -0.15) is 5.10 Å². The fourth-order valence-electron chi connectivity index (χ4n) is 3.34. The van der Waals surface area contributed by atoms with Gasteiger partial charge in [0.1, 0.15) is 5.75 Å². The van der Waals surface area contributed by atoms with Crippen molar-refractivity contribution in [1.82, 2.24) is 19.7 Å². The molecule has 0 atom stereocenters. The van der Waals surface area contributed by atoms with Gasteiger partial charge in [-0.15, -0.1) is 0 Å². The zero-order valence-corrected chi connectivity index (χ0v) is 18.0. The molecule has 5 heteroatoms. The molecule has 1 aromatic carbocycles. The van der Waals surface area contributed by atoms with Crippen LogP contribution in [0.4, 0.5) is 0 Å². The summed E-state index contributed by atoms with van der Waals surface area (Å²) in [5.41, 5.74) is 4.54. The SMILES string of the molecule is CCCCN(C)Cc1cn(Cc2cccnc2)nc1-c1ccc(OC(C)C)cc1. The van der Waals surface area contributed by atoms with Crippen LogP contribution in [0.25, 0.3) is 11.3 Å². The van der Waals surface area contributed by atoms with Gasteiger partial charge in [0.15, 0.2) is 0 Å². The fraction of sp³-hybridized carbons (Fsp3) is 0.417. The largest absolute Gasteiger partial charge is 0.491 e. The van der Waals surface area contributed by atoms with Crippen molar-refractivity contribution < 1.29 is 4.74 Å². The summed E-state index contributed by atoms with van der Waals surface area (Å²) in [6, 6.07) is 12.3. The highest BCUT2D eigenvalue weighted by molar-refractivity contribution is 5.63. The second kappa shape index (κ2) is 10.2. The lowest BCUT2D eigenvalue weighted by molar-refractivity contribution is 0.242. The van der Waals surface area contributed by atoms with Gasteiger partial charge in [-0.05, 0) is 69.8 Å². The first-order chi connectivity index (χ1) is 14.0. The predicted molar refractivity (Wildman–Crippen MR) is 118 cm³/mol. The smallest absolute Gasteiger partial charge is 0.119 e. The van der Waals surface area contributed by atoms with Gasteiger partial charge in [0.05, 0.1) is 18.3 Å². The van der Waals surface area contributed by atoms with Crippen LogP contribution in [-0.4, -0.2) is 39.4 Å². The number of hydrogen-bond donors (Lipinski definition) is 0. The van der Waals surface area contributed by atoms with Gasteiger partial charge in [-0.25, -0.2) is 0 Å². The van der Waals surface area contributed by atoms with Crippen LogP contribution in [0.5, 0.6) is 5.75 Å². The minimum atomic E-state index is 0.169. The third kappa shape index (κ3) is 6.16. The molecule has 0 amide bonds. The average Bonchev–Trinajstić information content (AvgIpc) is 3.09. The molecule has 2 heterocycles. The average molecular weight is 393 g/mol. The summed E-state index contributed by atoms with van der Waals surface area (Å²) < 4.78 is 7.81. The monoisotopic (exact) mass is 392 g/mol. The summed E-state index contributed by atoms with van der Waals surface area (Å²) in [7, 11) is 2.18. The van der Waals surface area contributed by atoms with E-state index < -0.39 is 0 Å². The first-order valence-corrected chi connectivity index (χ1v) is 10.5. The topological polar surface area (TPSA) is 43.2 Å². The Morgan fingerprint density at radius 3 is 2.59 bits per heavy atom. The number of rotatable bonds is 10. The van der Waals surface area contributed by atoms with Gasteiger partial charge in [0.25, 0.3) is 0 Å². The third-order valence-electron chi connectivity index (χ3n) is 4.74. The molecule has 0 N–H and O–H groups in total. The van der Waals surface area contributed by atoms with Crippen LogP contribution in [0.3, 0.4) is 0 Å². The molecule has 0 aliphatic carbocycles. The van der Waals surface area contributed by atoms with Gasteiger partial charge in [0, 0.05) is 36.3 Å². The van der Waals surface area contributed by atoms with Crippen molar-refractivity contribution in [1.29, 1.82) is 0 Å². The second-order valence-corrected chi connectivity index (χ2v) is 7.84. The van der Waals surface area contributed by atoms with Crippen LogP contribution in [0.15, 0.2) is 55.0 Å². The lowest BCUT2D eigenvalue weighted by atomic mass is 10.1. The zero-order valence-electron chi connectivity index (χ0n) is 18.0. The second-order valence-electron chi connectivity index (χ2n) is 7.84. The molecule has 5 nitrogen and oxygen atoms in total. The molecule has 0 spiro atoms. The van der Waals surface area contributed by atoms with Crippen molar-refractivity contribution in [3.63, 3.8) is 0 Å². The normalized spacial score (nSPS) is 11.4. The van der Waals surface area contributed by atoms with E-state index in [-0.39, 0.29) is 6.10 Å². The lowest BCUT2D eigenvalue weighted by Crippen LogP contribution is -2.19. The minimum absolute atomic E-state index is 0.169. The Kier molecular flexibility index (Phi) is 7.42. The lowest BCUT2D eigenvalue weighted by Gasteiger charge is -2.16. The third-order valence-corrected chi connectivity index (χ3v) is 4.74. The number of aromatic nitrogens is 3. The van der Waals surface area contributed by atoms with Crippen LogP contribution >= 0.6 is 0 Å². The standard InChI is InChI=1S/C24H32N4O/c1-5-6-14-27(4)17-22-18-28(16-20-8-7-13-25-15-20)26-24(22)21-9-11-23(12-10-21)29-19(2)3/h7-13,15,18-19H,5-6,14,16-17H2,1-4H3. The van der Waals surface area contributed by atoms with E-state index in [0.717, 1.165) is 35.7 Å². The number of ether oxygens (including phenoxy) is 1. The van der Waals surface area contributed by atoms with Crippen LogP contribution in [0.1, 0.15) is 44.7 Å². The van der Waals surface area contributed by atoms with Crippen molar-refractivity contribution in [3.8, 4) is 17.0 Å². The van der Waals surface area contributed by atoms with Crippen molar-refractivity contribution in [2.75, 3.05) is 13.6 Å². The molecule has 154 valence electrons. The predicted octanol–water partition coefficient (Wildman–Crippen LogP) is 5.01. The summed E-state index contributed by atoms with van der Waals surface area (Å²) in [4.78, 5) is 6.59. The Hall–Kier alpha value is -2.66. The van der Waals surface area contributed by atoms with E-state index in [0.29, 0.717) is 6.54 Å². The Labute approximate surface area is 174 Å². The maximum atomic E-state index is 5.79. The first-order valence-electron chi connectivity index (χ1n) is 10.5. The molecule has 0 saturated carbocycles. The Morgan fingerprint density at radius 1 is 1.14 bits per heavy atom. The molecule has 0 aliphatic heterocycles. The fourth-order valence-corrected chi connectivity index (χ4v) is 3.34. The minimum Gasteiger partial charge on any atom is -0.491 e. The number of nitrogens with zero attached hydrogens (tertiary/aromatic N) is 4. The molecular formula is C24H32N4O. The molecule has 0 aliphatic rings. The summed E-state index contributed by atoms with van der Waals surface area (Å²) in [6.07, 6.45) is 8.44. The number of unbranched alkanes of at least 4 members (excludes halogenated alkanes) is 1. The number of hydrogen-bond acceptors (Lipinski definition) is 4. The zero-order chi connectivity index (χ0) is 20.6. The van der Waals surface area contributed by atoms with Crippen molar-refractivity contribution in [3.05, 3.63) is 66.1 Å². The molecule has 0 fully saturated rings. The van der Waals surface area contributed by atoms with Gasteiger partial charge < -0.3 is 9.64 Å². The first kappa shape index (κ1) is 21.1. The molecular weight excluding hydrogens is 360 g/mol. The van der Waals surface area contributed by atoms with Gasteiger partial charge >= 0.3 is 0 Å². The van der Waals surface area contributed by atoms with Gasteiger partial charge in [-0.3, -0.25) is 9.67 Å². The summed E-state index contributed by atoms with van der Waals surface area (Å²) in [5.74, 6) is 0.889. The van der Waals surface area contributed by atoms with E-state index in [9.17, 15) is 0 Å². The highest BCUT2D eigenvalue weighted by Crippen LogP contribution is 2.26. The van der Waals surface area contributed by atoms with Crippen LogP contribution in [0, 0.1) is 0 Å². The quantitative estimate of drug-likeness (QED) is 0.486. The molecule has 0 unspecified atom stereocenters. The van der Waals surface area contributed by atoms with Crippen molar-refractivity contribution in [2.45, 2.75) is 52.8 Å². The maximum Gasteiger partial charge on any atom is 0.119 e. The van der Waals surface area contributed by atoms with E-state index >= 15 is 0 Å². The highest BCUT2D eigenvalue weighted by atomic mass is 16.5. The van der Waals surface area contributed by atoms with E-state index in [1.165, 1.54) is 18.4 Å².